The zero-order valence-electron chi connectivity index (χ0n) is 10.6. The van der Waals surface area contributed by atoms with Gasteiger partial charge in [0.1, 0.15) is 0 Å². The van der Waals surface area contributed by atoms with Gasteiger partial charge in [0.05, 0.1) is 11.1 Å². The molecule has 0 radical (unpaired) electrons. The van der Waals surface area contributed by atoms with E-state index in [0.29, 0.717) is 6.54 Å². The second-order valence-electron chi connectivity index (χ2n) is 4.23. The summed E-state index contributed by atoms with van der Waals surface area (Å²) in [6, 6.07) is 3.51. The lowest BCUT2D eigenvalue weighted by atomic mass is 10.1. The summed E-state index contributed by atoms with van der Waals surface area (Å²) < 4.78 is 0. The van der Waals surface area contributed by atoms with Gasteiger partial charge in [-0.05, 0) is 12.1 Å². The zero-order valence-corrected chi connectivity index (χ0v) is 10.6. The van der Waals surface area contributed by atoms with Crippen molar-refractivity contribution in [3.05, 3.63) is 51.8 Å². The van der Waals surface area contributed by atoms with E-state index in [1.165, 1.54) is 11.0 Å². The quantitative estimate of drug-likeness (QED) is 0.645. The van der Waals surface area contributed by atoms with Crippen LogP contribution in [0.2, 0.25) is 0 Å². The van der Waals surface area contributed by atoms with Crippen LogP contribution in [-0.2, 0) is 6.54 Å². The fourth-order valence-corrected chi connectivity index (χ4v) is 1.74. The Morgan fingerprint density at radius 1 is 1.55 bits per heavy atom. The number of aromatic hydroxyl groups is 1. The maximum Gasteiger partial charge on any atom is 0.310 e. The number of hydrogen-bond donors (Lipinski definition) is 2. The molecular formula is C12H12N4O4. The molecule has 2 rings (SSSR count). The van der Waals surface area contributed by atoms with Gasteiger partial charge >= 0.3 is 5.69 Å². The number of phenols is 1. The van der Waals surface area contributed by atoms with Gasteiger partial charge in [-0.3, -0.25) is 20.0 Å². The van der Waals surface area contributed by atoms with Crippen LogP contribution < -0.4 is 0 Å². The summed E-state index contributed by atoms with van der Waals surface area (Å²) in [5.41, 5.74) is 0.574. The molecule has 1 heterocycles. The molecule has 0 aliphatic rings. The van der Waals surface area contributed by atoms with E-state index in [1.807, 2.05) is 0 Å². The van der Waals surface area contributed by atoms with Crippen molar-refractivity contribution in [3.8, 4) is 5.75 Å². The van der Waals surface area contributed by atoms with E-state index in [-0.39, 0.29) is 11.5 Å². The maximum absolute atomic E-state index is 12.1. The fraction of sp³-hybridized carbons (Fsp3) is 0.167. The number of rotatable bonds is 4. The lowest BCUT2D eigenvalue weighted by Gasteiger charge is -2.16. The van der Waals surface area contributed by atoms with E-state index in [1.54, 1.807) is 19.4 Å². The van der Waals surface area contributed by atoms with Crippen molar-refractivity contribution in [1.82, 2.24) is 15.1 Å². The predicted molar refractivity (Wildman–Crippen MR) is 69.1 cm³/mol. The highest BCUT2D eigenvalue weighted by Crippen LogP contribution is 2.26. The molecule has 0 saturated heterocycles. The largest absolute Gasteiger partial charge is 0.502 e. The van der Waals surface area contributed by atoms with Gasteiger partial charge in [0.15, 0.2) is 5.75 Å². The summed E-state index contributed by atoms with van der Waals surface area (Å²) in [5, 5.41) is 26.5. The lowest BCUT2D eigenvalue weighted by molar-refractivity contribution is -0.385. The molecule has 8 heteroatoms. The van der Waals surface area contributed by atoms with Gasteiger partial charge in [0, 0.05) is 37.0 Å². The molecule has 0 unspecified atom stereocenters. The molecule has 1 aromatic carbocycles. The van der Waals surface area contributed by atoms with Gasteiger partial charge in [-0.25, -0.2) is 0 Å². The third kappa shape index (κ3) is 2.74. The van der Waals surface area contributed by atoms with Crippen LogP contribution >= 0.6 is 0 Å². The van der Waals surface area contributed by atoms with Crippen molar-refractivity contribution in [2.45, 2.75) is 6.54 Å². The van der Waals surface area contributed by atoms with Crippen LogP contribution in [0.5, 0.6) is 5.75 Å². The average molecular weight is 276 g/mol. The van der Waals surface area contributed by atoms with Crippen molar-refractivity contribution in [1.29, 1.82) is 0 Å². The van der Waals surface area contributed by atoms with Crippen LogP contribution in [-0.4, -0.2) is 38.1 Å². The van der Waals surface area contributed by atoms with Crippen molar-refractivity contribution in [2.24, 2.45) is 0 Å². The number of nitrogens with one attached hydrogen (secondary N) is 1. The third-order valence-corrected chi connectivity index (χ3v) is 2.74. The number of H-pyrrole nitrogens is 1. The Morgan fingerprint density at radius 2 is 2.30 bits per heavy atom. The van der Waals surface area contributed by atoms with Crippen LogP contribution in [0.1, 0.15) is 15.9 Å². The monoisotopic (exact) mass is 276 g/mol. The summed E-state index contributed by atoms with van der Waals surface area (Å²) in [4.78, 5) is 23.4. The number of nitrogens with zero attached hydrogens (tertiary/aromatic N) is 3. The first-order chi connectivity index (χ1) is 9.49. The topological polar surface area (TPSA) is 112 Å². The smallest absolute Gasteiger partial charge is 0.310 e. The number of carbonyl (C=O) groups is 1. The number of nitro benzene ring substituents is 1. The number of aromatic nitrogens is 2. The highest BCUT2D eigenvalue weighted by molar-refractivity contribution is 5.94. The minimum absolute atomic E-state index is 0.180. The zero-order chi connectivity index (χ0) is 14.7. The van der Waals surface area contributed by atoms with Gasteiger partial charge < -0.3 is 10.0 Å². The summed E-state index contributed by atoms with van der Waals surface area (Å²) in [5.74, 6) is -0.881. The Labute approximate surface area is 113 Å². The number of carbonyl (C=O) groups excluding carboxylic acids is 1. The summed E-state index contributed by atoms with van der Waals surface area (Å²) in [6.07, 6.45) is 3.26. The standard InChI is InChI=1S/C12H12N4O4/c1-15(7-8-5-13-14-6-8)12(18)9-2-3-10(16(19)20)11(17)4-9/h2-6,17H,7H2,1H3,(H,13,14). The Balaban J connectivity index is 2.16. The number of amides is 1. The molecule has 0 aliphatic heterocycles. The molecule has 0 bridgehead atoms. The Kier molecular flexibility index (Phi) is 3.65. The van der Waals surface area contributed by atoms with Crippen molar-refractivity contribution >= 4 is 11.6 Å². The van der Waals surface area contributed by atoms with E-state index in [0.717, 1.165) is 17.7 Å². The lowest BCUT2D eigenvalue weighted by Crippen LogP contribution is -2.25. The molecule has 1 aromatic heterocycles. The van der Waals surface area contributed by atoms with Crippen LogP contribution in [0.15, 0.2) is 30.6 Å². The molecule has 0 atom stereocenters. The molecule has 8 nitrogen and oxygen atoms in total. The van der Waals surface area contributed by atoms with Crippen LogP contribution in [0, 0.1) is 10.1 Å². The Bertz CT molecular complexity index is 639. The molecule has 0 aliphatic carbocycles. The first-order valence-corrected chi connectivity index (χ1v) is 5.69. The minimum Gasteiger partial charge on any atom is -0.502 e. The molecule has 20 heavy (non-hydrogen) atoms. The highest BCUT2D eigenvalue weighted by atomic mass is 16.6. The third-order valence-electron chi connectivity index (χ3n) is 2.74. The highest BCUT2D eigenvalue weighted by Gasteiger charge is 2.18. The normalized spacial score (nSPS) is 10.2. The first kappa shape index (κ1) is 13.5. The Hall–Kier alpha value is -2.90. The Morgan fingerprint density at radius 3 is 2.85 bits per heavy atom. The summed E-state index contributed by atoms with van der Waals surface area (Å²) >= 11 is 0. The van der Waals surface area contributed by atoms with Gasteiger partial charge in [-0.2, -0.15) is 5.10 Å². The second-order valence-corrected chi connectivity index (χ2v) is 4.23. The second kappa shape index (κ2) is 5.39. The number of aromatic amines is 1. The molecule has 0 fully saturated rings. The fourth-order valence-electron chi connectivity index (χ4n) is 1.74. The van der Waals surface area contributed by atoms with E-state index in [4.69, 9.17) is 0 Å². The van der Waals surface area contributed by atoms with Crippen LogP contribution in [0.4, 0.5) is 5.69 Å². The van der Waals surface area contributed by atoms with Gasteiger partial charge in [0.2, 0.25) is 0 Å². The summed E-state index contributed by atoms with van der Waals surface area (Å²) in [7, 11) is 1.59. The maximum atomic E-state index is 12.1. The van der Waals surface area contributed by atoms with Crippen LogP contribution in [0.3, 0.4) is 0 Å². The van der Waals surface area contributed by atoms with E-state index in [2.05, 4.69) is 10.2 Å². The molecule has 0 saturated carbocycles. The SMILES string of the molecule is CN(Cc1cn[nH]c1)C(=O)c1ccc([N+](=O)[O-])c(O)c1. The molecule has 2 aromatic rings. The minimum atomic E-state index is -0.710. The van der Waals surface area contributed by atoms with Gasteiger partial charge in [-0.15, -0.1) is 0 Å². The first-order valence-electron chi connectivity index (χ1n) is 5.69. The van der Waals surface area contributed by atoms with Crippen molar-refractivity contribution in [2.75, 3.05) is 7.05 Å². The molecule has 2 N–H and O–H groups in total. The number of hydrogen-bond acceptors (Lipinski definition) is 5. The molecule has 104 valence electrons. The summed E-state index contributed by atoms with van der Waals surface area (Å²) in [6.45, 7) is 0.340. The molecular weight excluding hydrogens is 264 g/mol. The van der Waals surface area contributed by atoms with Crippen molar-refractivity contribution < 1.29 is 14.8 Å². The predicted octanol–water partition coefficient (Wildman–Crippen LogP) is 1.30. The van der Waals surface area contributed by atoms with Gasteiger partial charge in [0.25, 0.3) is 5.91 Å². The molecule has 1 amide bonds. The molecule has 0 spiro atoms. The number of benzene rings is 1. The van der Waals surface area contributed by atoms with Crippen LogP contribution in [0.25, 0.3) is 0 Å². The number of nitro groups is 1. The average Bonchev–Trinajstić information content (AvgIpc) is 2.90. The number of phenolic OH excluding ortho intramolecular Hbond substituents is 1. The van der Waals surface area contributed by atoms with Gasteiger partial charge in [-0.1, -0.05) is 0 Å². The van der Waals surface area contributed by atoms with E-state index in [9.17, 15) is 20.0 Å². The van der Waals surface area contributed by atoms with Crippen molar-refractivity contribution in [3.63, 3.8) is 0 Å². The van der Waals surface area contributed by atoms with E-state index < -0.39 is 16.4 Å². The van der Waals surface area contributed by atoms with E-state index >= 15 is 0 Å².